The zero-order valence-corrected chi connectivity index (χ0v) is 23.7. The highest BCUT2D eigenvalue weighted by Crippen LogP contribution is 2.39. The van der Waals surface area contributed by atoms with E-state index in [1.54, 1.807) is 96.4 Å². The van der Waals surface area contributed by atoms with Crippen molar-refractivity contribution in [3.05, 3.63) is 119 Å². The van der Waals surface area contributed by atoms with Gasteiger partial charge < -0.3 is 18.9 Å². The standard InChI is InChI=1S/C31H27N3O8S/c1-19(35)33-34-31-32-23(18-43-31)25-27(42-30(38)22-15-9-4-10-16-22)26(41-29(37)21-13-7-3-8-14-21)24(40-25)17-39-28(36)20-11-5-2-6-12-20/h2-16,18,24-27H,17H2,1H3,(H,32,34)(H,33,35)/t24-,25+,26-,27+/m1/s1. The van der Waals surface area contributed by atoms with Gasteiger partial charge in [-0.05, 0) is 36.4 Å². The molecule has 1 aliphatic rings. The molecule has 5 rings (SSSR count). The summed E-state index contributed by atoms with van der Waals surface area (Å²) in [6, 6.07) is 25.1. The summed E-state index contributed by atoms with van der Waals surface area (Å²) in [5.74, 6) is -2.28. The molecule has 4 aromatic rings. The molecule has 2 heterocycles. The Bertz CT molecular complexity index is 1570. The van der Waals surface area contributed by atoms with Crippen LogP contribution in [0.4, 0.5) is 5.13 Å². The molecule has 3 aromatic carbocycles. The lowest BCUT2D eigenvalue weighted by molar-refractivity contribution is -0.118. The molecule has 1 aromatic heterocycles. The first-order valence-electron chi connectivity index (χ1n) is 13.3. The number of thiazole rings is 1. The highest BCUT2D eigenvalue weighted by Gasteiger charge is 2.51. The van der Waals surface area contributed by atoms with Crippen molar-refractivity contribution in [2.75, 3.05) is 12.0 Å². The zero-order chi connectivity index (χ0) is 30.2. The Labute approximate surface area is 250 Å². The van der Waals surface area contributed by atoms with Crippen molar-refractivity contribution in [2.45, 2.75) is 31.3 Å². The third-order valence-electron chi connectivity index (χ3n) is 6.36. The van der Waals surface area contributed by atoms with Crippen LogP contribution in [0.25, 0.3) is 0 Å². The highest BCUT2D eigenvalue weighted by atomic mass is 32.1. The van der Waals surface area contributed by atoms with Crippen molar-refractivity contribution in [3.8, 4) is 0 Å². The van der Waals surface area contributed by atoms with Gasteiger partial charge >= 0.3 is 17.9 Å². The van der Waals surface area contributed by atoms with Crippen LogP contribution in [0.3, 0.4) is 0 Å². The Morgan fingerprint density at radius 2 is 1.28 bits per heavy atom. The minimum absolute atomic E-state index is 0.273. The molecular formula is C31H27N3O8S. The van der Waals surface area contributed by atoms with Gasteiger partial charge in [0.1, 0.15) is 18.8 Å². The number of anilines is 1. The average molecular weight is 602 g/mol. The summed E-state index contributed by atoms with van der Waals surface area (Å²) >= 11 is 1.17. The fourth-order valence-corrected chi connectivity index (χ4v) is 5.02. The fourth-order valence-electron chi connectivity index (χ4n) is 4.33. The van der Waals surface area contributed by atoms with Crippen molar-refractivity contribution in [2.24, 2.45) is 0 Å². The van der Waals surface area contributed by atoms with Crippen molar-refractivity contribution in [1.29, 1.82) is 0 Å². The summed E-state index contributed by atoms with van der Waals surface area (Å²) in [5.41, 5.74) is 6.37. The normalized spacial score (nSPS) is 19.2. The molecule has 1 amide bonds. The largest absolute Gasteiger partial charge is 0.459 e. The van der Waals surface area contributed by atoms with Crippen LogP contribution in [0.1, 0.15) is 49.8 Å². The van der Waals surface area contributed by atoms with Gasteiger partial charge in [0.2, 0.25) is 11.0 Å². The van der Waals surface area contributed by atoms with Gasteiger partial charge in [0.15, 0.2) is 12.2 Å². The second-order valence-corrected chi connectivity index (χ2v) is 10.3. The Balaban J connectivity index is 1.45. The quantitative estimate of drug-likeness (QED) is 0.153. The number of nitrogens with one attached hydrogen (secondary N) is 2. The molecule has 43 heavy (non-hydrogen) atoms. The SMILES string of the molecule is CC(=O)NNc1nc([C@@H]2O[C@H](COC(=O)c3ccccc3)[C@@H](OC(=O)c3ccccc3)[C@H]2OC(=O)c2ccccc2)cs1. The molecule has 0 radical (unpaired) electrons. The Hall–Kier alpha value is -5.07. The maximum absolute atomic E-state index is 13.2. The van der Waals surface area contributed by atoms with Crippen molar-refractivity contribution >= 4 is 40.3 Å². The zero-order valence-electron chi connectivity index (χ0n) is 22.9. The van der Waals surface area contributed by atoms with Crippen LogP contribution in [0, 0.1) is 0 Å². The molecule has 12 heteroatoms. The van der Waals surface area contributed by atoms with E-state index in [2.05, 4.69) is 15.8 Å². The predicted octanol–water partition coefficient (Wildman–Crippen LogP) is 4.35. The van der Waals surface area contributed by atoms with Crippen LogP contribution in [0.15, 0.2) is 96.4 Å². The van der Waals surface area contributed by atoms with Gasteiger partial charge in [0.05, 0.1) is 22.4 Å². The lowest BCUT2D eigenvalue weighted by Gasteiger charge is -2.24. The Morgan fingerprint density at radius 3 is 1.81 bits per heavy atom. The number of hydrogen-bond donors (Lipinski definition) is 2. The molecule has 4 atom stereocenters. The van der Waals surface area contributed by atoms with Crippen LogP contribution in [0.2, 0.25) is 0 Å². The van der Waals surface area contributed by atoms with Crippen molar-refractivity contribution < 1.29 is 38.1 Å². The number of amides is 1. The van der Waals surface area contributed by atoms with E-state index in [4.69, 9.17) is 18.9 Å². The maximum Gasteiger partial charge on any atom is 0.338 e. The minimum Gasteiger partial charge on any atom is -0.459 e. The summed E-state index contributed by atoms with van der Waals surface area (Å²) in [4.78, 5) is 55.0. The van der Waals surface area contributed by atoms with E-state index in [-0.39, 0.29) is 23.6 Å². The summed E-state index contributed by atoms with van der Waals surface area (Å²) in [6.45, 7) is 1.03. The number of carbonyl (C=O) groups is 4. The minimum atomic E-state index is -1.18. The first-order chi connectivity index (χ1) is 20.9. The van der Waals surface area contributed by atoms with E-state index in [9.17, 15) is 19.2 Å². The van der Waals surface area contributed by atoms with Gasteiger partial charge in [-0.3, -0.25) is 15.6 Å². The number of aromatic nitrogens is 1. The first kappa shape index (κ1) is 29.4. The van der Waals surface area contributed by atoms with Gasteiger partial charge in [-0.1, -0.05) is 54.6 Å². The van der Waals surface area contributed by atoms with Crippen LogP contribution >= 0.6 is 11.3 Å². The predicted molar refractivity (Wildman–Crippen MR) is 155 cm³/mol. The van der Waals surface area contributed by atoms with E-state index in [0.717, 1.165) is 0 Å². The fraction of sp³-hybridized carbons (Fsp3) is 0.194. The summed E-state index contributed by atoms with van der Waals surface area (Å²) in [7, 11) is 0. The van der Waals surface area contributed by atoms with E-state index in [1.807, 2.05) is 0 Å². The molecule has 0 bridgehead atoms. The van der Waals surface area contributed by atoms with E-state index >= 15 is 0 Å². The van der Waals surface area contributed by atoms with Gasteiger partial charge in [-0.15, -0.1) is 11.3 Å². The lowest BCUT2D eigenvalue weighted by atomic mass is 10.0. The summed E-state index contributed by atoms with van der Waals surface area (Å²) in [5, 5.41) is 2.01. The molecule has 0 aliphatic carbocycles. The van der Waals surface area contributed by atoms with Gasteiger partial charge in [-0.2, -0.15) is 0 Å². The third kappa shape index (κ3) is 7.42. The molecule has 1 fully saturated rings. The number of hydrogen-bond acceptors (Lipinski definition) is 11. The monoisotopic (exact) mass is 601 g/mol. The van der Waals surface area contributed by atoms with Crippen LogP contribution < -0.4 is 10.9 Å². The third-order valence-corrected chi connectivity index (χ3v) is 7.14. The van der Waals surface area contributed by atoms with Crippen LogP contribution in [-0.4, -0.2) is 53.7 Å². The Morgan fingerprint density at radius 1 is 0.767 bits per heavy atom. The molecular weight excluding hydrogens is 574 g/mol. The molecule has 11 nitrogen and oxygen atoms in total. The number of esters is 3. The average Bonchev–Trinajstić information content (AvgIpc) is 3.64. The Kier molecular flexibility index (Phi) is 9.39. The van der Waals surface area contributed by atoms with Gasteiger partial charge in [0, 0.05) is 12.3 Å². The van der Waals surface area contributed by atoms with E-state index in [0.29, 0.717) is 16.4 Å². The number of nitrogens with zero attached hydrogens (tertiary/aromatic N) is 1. The van der Waals surface area contributed by atoms with Crippen molar-refractivity contribution in [3.63, 3.8) is 0 Å². The molecule has 2 N–H and O–H groups in total. The van der Waals surface area contributed by atoms with Crippen LogP contribution in [-0.2, 0) is 23.7 Å². The number of benzene rings is 3. The van der Waals surface area contributed by atoms with Crippen LogP contribution in [0.5, 0.6) is 0 Å². The summed E-state index contributed by atoms with van der Waals surface area (Å²) < 4.78 is 23.7. The smallest absolute Gasteiger partial charge is 0.338 e. The molecule has 220 valence electrons. The number of carbonyl (C=O) groups excluding carboxylic acids is 4. The second kappa shape index (κ2) is 13.7. The molecule has 0 saturated carbocycles. The molecule has 0 unspecified atom stereocenters. The number of hydrazine groups is 1. The first-order valence-corrected chi connectivity index (χ1v) is 14.1. The van der Waals surface area contributed by atoms with E-state index in [1.165, 1.54) is 18.3 Å². The molecule has 1 saturated heterocycles. The highest BCUT2D eigenvalue weighted by molar-refractivity contribution is 7.13. The number of rotatable bonds is 10. The topological polar surface area (TPSA) is 142 Å². The van der Waals surface area contributed by atoms with Gasteiger partial charge in [-0.25, -0.2) is 19.4 Å². The van der Waals surface area contributed by atoms with Gasteiger partial charge in [0.25, 0.3) is 0 Å². The maximum atomic E-state index is 13.2. The summed E-state index contributed by atoms with van der Waals surface area (Å²) in [6.07, 6.45) is -4.38. The van der Waals surface area contributed by atoms with Crippen molar-refractivity contribution in [1.82, 2.24) is 10.4 Å². The number of ether oxygens (including phenoxy) is 4. The van der Waals surface area contributed by atoms with E-state index < -0.39 is 42.3 Å². The second-order valence-electron chi connectivity index (χ2n) is 9.42. The molecule has 1 aliphatic heterocycles. The molecule has 0 spiro atoms. The lowest BCUT2D eigenvalue weighted by Crippen LogP contribution is -2.40.